The molecule has 0 bridgehead atoms. The molecule has 1 aromatic rings. The third-order valence-corrected chi connectivity index (χ3v) is 2.61. The quantitative estimate of drug-likeness (QED) is 0.722. The van der Waals surface area contributed by atoms with E-state index in [0.717, 1.165) is 5.75 Å². The zero-order valence-electron chi connectivity index (χ0n) is 10.4. The number of ether oxygens (including phenoxy) is 1. The molecular weight excluding hydrogens is 184 g/mol. The monoisotopic (exact) mass is 206 g/mol. The van der Waals surface area contributed by atoms with E-state index in [2.05, 4.69) is 46.8 Å². The van der Waals surface area contributed by atoms with Crippen molar-refractivity contribution in [2.75, 3.05) is 0 Å². The Hall–Kier alpha value is -0.980. The Balaban J connectivity index is 2.70. The molecule has 1 aromatic carbocycles. The van der Waals surface area contributed by atoms with Crippen LogP contribution in [0.5, 0.6) is 5.75 Å². The lowest BCUT2D eigenvalue weighted by atomic mass is 9.96. The lowest BCUT2D eigenvalue weighted by Gasteiger charge is -2.26. The fourth-order valence-corrected chi connectivity index (χ4v) is 1.82. The van der Waals surface area contributed by atoms with E-state index in [1.54, 1.807) is 0 Å². The summed E-state index contributed by atoms with van der Waals surface area (Å²) in [5.41, 5.74) is 1.27. The van der Waals surface area contributed by atoms with Crippen molar-refractivity contribution in [2.24, 2.45) is 11.8 Å². The lowest BCUT2D eigenvalue weighted by molar-refractivity contribution is 0.105. The molecule has 1 heteroatoms. The van der Waals surface area contributed by atoms with Crippen molar-refractivity contribution in [3.63, 3.8) is 0 Å². The molecule has 0 spiro atoms. The second kappa shape index (κ2) is 5.20. The Bertz CT molecular complexity index is 277. The van der Waals surface area contributed by atoms with Gasteiger partial charge >= 0.3 is 0 Å². The van der Waals surface area contributed by atoms with Gasteiger partial charge in [-0.2, -0.15) is 0 Å². The highest BCUT2D eigenvalue weighted by Crippen LogP contribution is 2.21. The molecule has 1 nitrogen and oxygen atoms in total. The minimum atomic E-state index is 0.299. The zero-order chi connectivity index (χ0) is 11.4. The van der Waals surface area contributed by atoms with E-state index in [-0.39, 0.29) is 0 Å². The van der Waals surface area contributed by atoms with Crippen LogP contribution in [0.4, 0.5) is 0 Å². The molecule has 0 saturated heterocycles. The van der Waals surface area contributed by atoms with Crippen molar-refractivity contribution in [2.45, 2.75) is 40.7 Å². The Morgan fingerprint density at radius 3 is 1.73 bits per heavy atom. The summed E-state index contributed by atoms with van der Waals surface area (Å²) in [7, 11) is 0. The van der Waals surface area contributed by atoms with Crippen LogP contribution in [-0.4, -0.2) is 6.10 Å². The second-order valence-corrected chi connectivity index (χ2v) is 4.88. The van der Waals surface area contributed by atoms with Gasteiger partial charge in [0, 0.05) is 0 Å². The summed E-state index contributed by atoms with van der Waals surface area (Å²) in [6, 6.07) is 8.28. The van der Waals surface area contributed by atoms with Gasteiger partial charge in [-0.1, -0.05) is 45.4 Å². The molecule has 1 rings (SSSR count). The maximum absolute atomic E-state index is 5.99. The first kappa shape index (κ1) is 12.1. The first-order valence-electron chi connectivity index (χ1n) is 5.74. The summed E-state index contributed by atoms with van der Waals surface area (Å²) in [6.45, 7) is 10.9. The Kier molecular flexibility index (Phi) is 4.19. The SMILES string of the molecule is Cc1ccc(OC(C(C)C)C(C)C)cc1. The van der Waals surface area contributed by atoms with Crippen molar-refractivity contribution in [1.82, 2.24) is 0 Å². The van der Waals surface area contributed by atoms with Crippen LogP contribution in [0.1, 0.15) is 33.3 Å². The standard InChI is InChI=1S/C14H22O/c1-10(2)14(11(3)4)15-13-8-6-12(5)7-9-13/h6-11,14H,1-5H3. The number of hydrogen-bond acceptors (Lipinski definition) is 1. The number of rotatable bonds is 4. The van der Waals surface area contributed by atoms with E-state index in [1.165, 1.54) is 5.56 Å². The van der Waals surface area contributed by atoms with Gasteiger partial charge in [0.25, 0.3) is 0 Å². The first-order chi connectivity index (χ1) is 7.00. The Labute approximate surface area is 93.5 Å². The van der Waals surface area contributed by atoms with E-state index < -0.39 is 0 Å². The van der Waals surface area contributed by atoms with Crippen LogP contribution in [-0.2, 0) is 0 Å². The summed E-state index contributed by atoms with van der Waals surface area (Å²) in [6.07, 6.45) is 0.299. The van der Waals surface area contributed by atoms with Gasteiger partial charge in [0.2, 0.25) is 0 Å². The molecule has 0 saturated carbocycles. The average Bonchev–Trinajstić information content (AvgIpc) is 2.15. The van der Waals surface area contributed by atoms with E-state index in [9.17, 15) is 0 Å². The predicted molar refractivity (Wildman–Crippen MR) is 65.3 cm³/mol. The summed E-state index contributed by atoms with van der Waals surface area (Å²) < 4.78 is 5.99. The van der Waals surface area contributed by atoms with Crippen LogP contribution < -0.4 is 4.74 Å². The van der Waals surface area contributed by atoms with E-state index in [1.807, 2.05) is 12.1 Å². The summed E-state index contributed by atoms with van der Waals surface area (Å²) in [4.78, 5) is 0. The van der Waals surface area contributed by atoms with Crippen molar-refractivity contribution in [1.29, 1.82) is 0 Å². The van der Waals surface area contributed by atoms with Crippen molar-refractivity contribution in [3.05, 3.63) is 29.8 Å². The van der Waals surface area contributed by atoms with Crippen LogP contribution in [0.2, 0.25) is 0 Å². The smallest absolute Gasteiger partial charge is 0.119 e. The maximum Gasteiger partial charge on any atom is 0.119 e. The van der Waals surface area contributed by atoms with Gasteiger partial charge in [-0.05, 0) is 30.9 Å². The fourth-order valence-electron chi connectivity index (χ4n) is 1.82. The largest absolute Gasteiger partial charge is 0.490 e. The molecule has 0 aliphatic carbocycles. The van der Waals surface area contributed by atoms with Gasteiger partial charge in [-0.25, -0.2) is 0 Å². The summed E-state index contributed by atoms with van der Waals surface area (Å²) >= 11 is 0. The maximum atomic E-state index is 5.99. The highest BCUT2D eigenvalue weighted by atomic mass is 16.5. The lowest BCUT2D eigenvalue weighted by Crippen LogP contribution is -2.28. The van der Waals surface area contributed by atoms with Crippen LogP contribution in [0.15, 0.2) is 24.3 Å². The molecule has 0 unspecified atom stereocenters. The van der Waals surface area contributed by atoms with Crippen LogP contribution >= 0.6 is 0 Å². The van der Waals surface area contributed by atoms with Gasteiger partial charge in [-0.3, -0.25) is 0 Å². The van der Waals surface area contributed by atoms with E-state index in [0.29, 0.717) is 17.9 Å². The van der Waals surface area contributed by atoms with Crippen LogP contribution in [0.25, 0.3) is 0 Å². The molecule has 84 valence electrons. The molecule has 0 aliphatic rings. The van der Waals surface area contributed by atoms with E-state index >= 15 is 0 Å². The topological polar surface area (TPSA) is 9.23 Å². The Morgan fingerprint density at radius 2 is 1.33 bits per heavy atom. The third-order valence-electron chi connectivity index (χ3n) is 2.61. The molecule has 0 aliphatic heterocycles. The number of benzene rings is 1. The van der Waals surface area contributed by atoms with Gasteiger partial charge in [0.1, 0.15) is 11.9 Å². The third kappa shape index (κ3) is 3.58. The highest BCUT2D eigenvalue weighted by Gasteiger charge is 2.18. The van der Waals surface area contributed by atoms with Gasteiger partial charge in [-0.15, -0.1) is 0 Å². The molecule has 0 radical (unpaired) electrons. The van der Waals surface area contributed by atoms with Gasteiger partial charge in [0.05, 0.1) is 0 Å². The predicted octanol–water partition coefficient (Wildman–Crippen LogP) is 4.05. The molecule has 0 N–H and O–H groups in total. The molecule has 15 heavy (non-hydrogen) atoms. The van der Waals surface area contributed by atoms with Crippen molar-refractivity contribution < 1.29 is 4.74 Å². The second-order valence-electron chi connectivity index (χ2n) is 4.88. The molecular formula is C14H22O. The molecule has 0 atom stereocenters. The Morgan fingerprint density at radius 1 is 0.867 bits per heavy atom. The van der Waals surface area contributed by atoms with Crippen molar-refractivity contribution >= 4 is 0 Å². The first-order valence-corrected chi connectivity index (χ1v) is 5.74. The zero-order valence-corrected chi connectivity index (χ0v) is 10.4. The highest BCUT2D eigenvalue weighted by molar-refractivity contribution is 5.26. The average molecular weight is 206 g/mol. The molecule has 0 amide bonds. The van der Waals surface area contributed by atoms with E-state index in [4.69, 9.17) is 4.74 Å². The molecule has 0 aromatic heterocycles. The summed E-state index contributed by atoms with van der Waals surface area (Å²) in [5, 5.41) is 0. The number of hydrogen-bond donors (Lipinski definition) is 0. The van der Waals surface area contributed by atoms with Crippen LogP contribution in [0.3, 0.4) is 0 Å². The number of aryl methyl sites for hydroxylation is 1. The molecule has 0 heterocycles. The minimum Gasteiger partial charge on any atom is -0.490 e. The minimum absolute atomic E-state index is 0.299. The van der Waals surface area contributed by atoms with Crippen molar-refractivity contribution in [3.8, 4) is 5.75 Å². The molecule has 0 fully saturated rings. The van der Waals surface area contributed by atoms with Gasteiger partial charge in [0.15, 0.2) is 0 Å². The normalized spacial score (nSPS) is 11.5. The van der Waals surface area contributed by atoms with Crippen LogP contribution in [0, 0.1) is 18.8 Å². The fraction of sp³-hybridized carbons (Fsp3) is 0.571. The summed E-state index contributed by atoms with van der Waals surface area (Å²) in [5.74, 6) is 2.07. The van der Waals surface area contributed by atoms with Gasteiger partial charge < -0.3 is 4.74 Å².